The molecule has 0 bridgehead atoms. The van der Waals surface area contributed by atoms with Gasteiger partial charge in [0.15, 0.2) is 5.16 Å². The molecule has 1 heterocycles. The van der Waals surface area contributed by atoms with Crippen LogP contribution < -0.4 is 5.32 Å². The quantitative estimate of drug-likeness (QED) is 0.831. The van der Waals surface area contributed by atoms with Crippen LogP contribution in [-0.2, 0) is 11.8 Å². The molecule has 0 radical (unpaired) electrons. The molecule has 8 heteroatoms. The minimum Gasteiger partial charge on any atom is -0.349 e. The van der Waals surface area contributed by atoms with Gasteiger partial charge in [-0.1, -0.05) is 41.0 Å². The maximum atomic E-state index is 12.3. The summed E-state index contributed by atoms with van der Waals surface area (Å²) in [4.78, 5) is 12.3. The molecule has 0 aliphatic rings. The molecule has 1 amide bonds. The third-order valence-electron chi connectivity index (χ3n) is 3.11. The van der Waals surface area contributed by atoms with E-state index in [-0.39, 0.29) is 17.2 Å². The smallest absolute Gasteiger partial charge is 0.233 e. The lowest BCUT2D eigenvalue weighted by atomic mass is 10.1. The highest BCUT2D eigenvalue weighted by atomic mass is 35.5. The maximum Gasteiger partial charge on any atom is 0.233 e. The van der Waals surface area contributed by atoms with Crippen molar-refractivity contribution >= 4 is 40.9 Å². The molecular weight excluding hydrogens is 343 g/mol. The zero-order valence-corrected chi connectivity index (χ0v) is 14.7. The van der Waals surface area contributed by atoms with E-state index in [1.807, 2.05) is 27.0 Å². The number of halogens is 2. The lowest BCUT2D eigenvalue weighted by Crippen LogP contribution is -2.33. The fraction of sp³-hybridized carbons (Fsp3) is 0.357. The normalized spacial score (nSPS) is 13.7. The van der Waals surface area contributed by atoms with Gasteiger partial charge in [0.25, 0.3) is 0 Å². The highest BCUT2D eigenvalue weighted by molar-refractivity contribution is 8.00. The Hall–Kier alpha value is -1.24. The van der Waals surface area contributed by atoms with Crippen molar-refractivity contribution in [1.29, 1.82) is 0 Å². The van der Waals surface area contributed by atoms with Gasteiger partial charge < -0.3 is 9.88 Å². The van der Waals surface area contributed by atoms with E-state index >= 15 is 0 Å². The van der Waals surface area contributed by atoms with Crippen LogP contribution in [0.3, 0.4) is 0 Å². The van der Waals surface area contributed by atoms with E-state index in [1.54, 1.807) is 23.0 Å². The highest BCUT2D eigenvalue weighted by Crippen LogP contribution is 2.27. The van der Waals surface area contributed by atoms with E-state index in [1.165, 1.54) is 11.8 Å². The fourth-order valence-electron chi connectivity index (χ4n) is 1.85. The summed E-state index contributed by atoms with van der Waals surface area (Å²) in [5, 5.41) is 12.2. The van der Waals surface area contributed by atoms with E-state index in [4.69, 9.17) is 23.2 Å². The van der Waals surface area contributed by atoms with Gasteiger partial charge in [-0.15, -0.1) is 10.2 Å². The number of carbonyl (C=O) groups excluding carboxylic acids is 1. The number of nitrogens with one attached hydrogen (secondary N) is 1. The summed E-state index contributed by atoms with van der Waals surface area (Å²) in [6.45, 7) is 3.71. The van der Waals surface area contributed by atoms with Gasteiger partial charge in [-0.3, -0.25) is 4.79 Å². The highest BCUT2D eigenvalue weighted by Gasteiger charge is 2.20. The zero-order chi connectivity index (χ0) is 16.3. The van der Waals surface area contributed by atoms with Gasteiger partial charge in [0.1, 0.15) is 6.33 Å². The Morgan fingerprint density at radius 1 is 1.36 bits per heavy atom. The Labute approximate surface area is 143 Å². The second-order valence-electron chi connectivity index (χ2n) is 4.88. The molecule has 0 saturated carbocycles. The molecule has 2 aromatic rings. The van der Waals surface area contributed by atoms with Gasteiger partial charge in [0.05, 0.1) is 11.3 Å². The summed E-state index contributed by atoms with van der Waals surface area (Å²) in [6.07, 6.45) is 1.60. The van der Waals surface area contributed by atoms with Crippen molar-refractivity contribution in [3.63, 3.8) is 0 Å². The van der Waals surface area contributed by atoms with Gasteiger partial charge in [0.2, 0.25) is 5.91 Å². The SMILES string of the molecule is C[C@H](Sc1nncn1C)C(=O)N[C@@H](C)c1ccc(Cl)cc1Cl. The summed E-state index contributed by atoms with van der Waals surface area (Å²) in [5.74, 6) is -0.0912. The Kier molecular flexibility index (Phi) is 5.72. The molecule has 0 aliphatic heterocycles. The van der Waals surface area contributed by atoms with E-state index < -0.39 is 0 Å². The first-order valence-corrected chi connectivity index (χ1v) is 8.28. The van der Waals surface area contributed by atoms with Gasteiger partial charge in [0, 0.05) is 17.1 Å². The Morgan fingerprint density at radius 3 is 2.68 bits per heavy atom. The average Bonchev–Trinajstić information content (AvgIpc) is 2.83. The lowest BCUT2D eigenvalue weighted by Gasteiger charge is -2.18. The minimum absolute atomic E-state index is 0.0912. The molecular formula is C14H16Cl2N4OS. The molecule has 1 N–H and O–H groups in total. The first-order chi connectivity index (χ1) is 10.4. The number of carbonyl (C=O) groups is 1. The van der Waals surface area contributed by atoms with E-state index in [0.29, 0.717) is 15.2 Å². The molecule has 0 unspecified atom stereocenters. The first-order valence-electron chi connectivity index (χ1n) is 6.64. The number of benzene rings is 1. The van der Waals surface area contributed by atoms with Crippen LogP contribution in [0, 0.1) is 0 Å². The lowest BCUT2D eigenvalue weighted by molar-refractivity contribution is -0.120. The number of aromatic nitrogens is 3. The van der Waals surface area contributed by atoms with Crippen molar-refractivity contribution in [2.75, 3.05) is 0 Å². The Bertz CT molecular complexity index is 677. The van der Waals surface area contributed by atoms with Crippen LogP contribution in [-0.4, -0.2) is 25.9 Å². The number of rotatable bonds is 5. The van der Waals surface area contributed by atoms with Crippen LogP contribution in [0.4, 0.5) is 0 Å². The van der Waals surface area contributed by atoms with Crippen LogP contribution >= 0.6 is 35.0 Å². The zero-order valence-electron chi connectivity index (χ0n) is 12.4. The van der Waals surface area contributed by atoms with E-state index in [9.17, 15) is 4.79 Å². The molecule has 1 aromatic carbocycles. The van der Waals surface area contributed by atoms with Crippen LogP contribution in [0.25, 0.3) is 0 Å². The third-order valence-corrected chi connectivity index (χ3v) is 4.82. The maximum absolute atomic E-state index is 12.3. The van der Waals surface area contributed by atoms with E-state index in [2.05, 4.69) is 15.5 Å². The van der Waals surface area contributed by atoms with Crippen molar-refractivity contribution in [3.8, 4) is 0 Å². The minimum atomic E-state index is -0.295. The second-order valence-corrected chi connectivity index (χ2v) is 7.03. The van der Waals surface area contributed by atoms with Crippen LogP contribution in [0.15, 0.2) is 29.7 Å². The first kappa shape index (κ1) is 17.1. The molecule has 1 aromatic heterocycles. The second kappa shape index (κ2) is 7.35. The number of hydrogen-bond donors (Lipinski definition) is 1. The third kappa shape index (κ3) is 4.15. The summed E-state index contributed by atoms with van der Waals surface area (Å²) in [7, 11) is 1.84. The standard InChI is InChI=1S/C14H16Cl2N4OS/c1-8(11-5-4-10(15)6-12(11)16)18-13(21)9(2)22-14-19-17-7-20(14)3/h4-9H,1-3H3,(H,18,21)/t8-,9-/m0/s1. The predicted octanol–water partition coefficient (Wildman–Crippen LogP) is 3.48. The average molecular weight is 359 g/mol. The van der Waals surface area contributed by atoms with Gasteiger partial charge >= 0.3 is 0 Å². The molecule has 2 atom stereocenters. The van der Waals surface area contributed by atoms with E-state index in [0.717, 1.165) is 5.56 Å². The number of amides is 1. The topological polar surface area (TPSA) is 59.8 Å². The molecule has 22 heavy (non-hydrogen) atoms. The van der Waals surface area contributed by atoms with Crippen LogP contribution in [0.1, 0.15) is 25.5 Å². The summed E-state index contributed by atoms with van der Waals surface area (Å²) in [6, 6.07) is 5.03. The van der Waals surface area contributed by atoms with Crippen molar-refractivity contribution in [2.24, 2.45) is 7.05 Å². The molecule has 2 rings (SSSR count). The van der Waals surface area contributed by atoms with Crippen molar-refractivity contribution in [1.82, 2.24) is 20.1 Å². The summed E-state index contributed by atoms with van der Waals surface area (Å²) < 4.78 is 1.77. The molecule has 0 aliphatic carbocycles. The number of hydrogen-bond acceptors (Lipinski definition) is 4. The Balaban J connectivity index is 2.00. The molecule has 0 saturated heterocycles. The predicted molar refractivity (Wildman–Crippen MR) is 89.3 cm³/mol. The summed E-state index contributed by atoms with van der Waals surface area (Å²) in [5.41, 5.74) is 0.829. The molecule has 0 spiro atoms. The van der Waals surface area contributed by atoms with Crippen molar-refractivity contribution in [3.05, 3.63) is 40.1 Å². The number of nitrogens with zero attached hydrogens (tertiary/aromatic N) is 3. The molecule has 118 valence electrons. The number of aryl methyl sites for hydroxylation is 1. The monoisotopic (exact) mass is 358 g/mol. The van der Waals surface area contributed by atoms with Crippen molar-refractivity contribution < 1.29 is 4.79 Å². The van der Waals surface area contributed by atoms with Gasteiger partial charge in [-0.2, -0.15) is 0 Å². The van der Waals surface area contributed by atoms with Gasteiger partial charge in [-0.25, -0.2) is 0 Å². The number of thioether (sulfide) groups is 1. The largest absolute Gasteiger partial charge is 0.349 e. The van der Waals surface area contributed by atoms with Crippen LogP contribution in [0.2, 0.25) is 10.0 Å². The molecule has 5 nitrogen and oxygen atoms in total. The fourth-order valence-corrected chi connectivity index (χ4v) is 3.22. The Morgan fingerprint density at radius 2 is 2.09 bits per heavy atom. The summed E-state index contributed by atoms with van der Waals surface area (Å²) >= 11 is 13.4. The molecule has 0 fully saturated rings. The van der Waals surface area contributed by atoms with Gasteiger partial charge in [-0.05, 0) is 31.5 Å². The van der Waals surface area contributed by atoms with Crippen LogP contribution in [0.5, 0.6) is 0 Å². The van der Waals surface area contributed by atoms with Crippen molar-refractivity contribution in [2.45, 2.75) is 30.3 Å².